The number of nitrogens with two attached hydrogens (primary N) is 1. The SMILES string of the molecule is CNCCN(C)c1ccc(C(N)=O)cc1. The van der Waals surface area contributed by atoms with E-state index in [0.717, 1.165) is 18.8 Å². The van der Waals surface area contributed by atoms with E-state index in [1.165, 1.54) is 0 Å². The first-order chi connectivity index (χ1) is 7.15. The summed E-state index contributed by atoms with van der Waals surface area (Å²) < 4.78 is 0. The molecule has 0 radical (unpaired) electrons. The Morgan fingerprint density at radius 3 is 2.47 bits per heavy atom. The third-order valence-corrected chi connectivity index (χ3v) is 2.29. The molecular weight excluding hydrogens is 190 g/mol. The summed E-state index contributed by atoms with van der Waals surface area (Å²) >= 11 is 0. The molecule has 0 saturated heterocycles. The van der Waals surface area contributed by atoms with Gasteiger partial charge in [0, 0.05) is 31.4 Å². The monoisotopic (exact) mass is 207 g/mol. The molecule has 0 saturated carbocycles. The number of anilines is 1. The van der Waals surface area contributed by atoms with Gasteiger partial charge in [-0.2, -0.15) is 0 Å². The number of carbonyl (C=O) groups is 1. The van der Waals surface area contributed by atoms with Gasteiger partial charge in [0.25, 0.3) is 0 Å². The van der Waals surface area contributed by atoms with Crippen molar-refractivity contribution in [3.63, 3.8) is 0 Å². The van der Waals surface area contributed by atoms with Crippen molar-refractivity contribution in [3.8, 4) is 0 Å². The van der Waals surface area contributed by atoms with E-state index in [9.17, 15) is 4.79 Å². The highest BCUT2D eigenvalue weighted by Gasteiger charge is 2.02. The molecule has 4 nitrogen and oxygen atoms in total. The topological polar surface area (TPSA) is 58.4 Å². The molecule has 0 fully saturated rings. The van der Waals surface area contributed by atoms with Crippen molar-refractivity contribution in [3.05, 3.63) is 29.8 Å². The summed E-state index contributed by atoms with van der Waals surface area (Å²) in [6.07, 6.45) is 0. The summed E-state index contributed by atoms with van der Waals surface area (Å²) in [4.78, 5) is 13.0. The van der Waals surface area contributed by atoms with Gasteiger partial charge in [-0.25, -0.2) is 0 Å². The van der Waals surface area contributed by atoms with Crippen LogP contribution in [-0.4, -0.2) is 33.1 Å². The molecule has 0 aliphatic rings. The minimum atomic E-state index is -0.389. The number of likely N-dealkylation sites (N-methyl/N-ethyl adjacent to an activating group) is 2. The van der Waals surface area contributed by atoms with Gasteiger partial charge in [0.1, 0.15) is 0 Å². The van der Waals surface area contributed by atoms with Crippen molar-refractivity contribution in [2.24, 2.45) is 5.73 Å². The van der Waals surface area contributed by atoms with Crippen LogP contribution in [0.5, 0.6) is 0 Å². The molecular formula is C11H17N3O. The molecule has 3 N–H and O–H groups in total. The summed E-state index contributed by atoms with van der Waals surface area (Å²) in [7, 11) is 3.93. The largest absolute Gasteiger partial charge is 0.373 e. The van der Waals surface area contributed by atoms with Gasteiger partial charge in [-0.1, -0.05) is 0 Å². The lowest BCUT2D eigenvalue weighted by molar-refractivity contribution is 0.100. The van der Waals surface area contributed by atoms with Gasteiger partial charge >= 0.3 is 0 Å². The van der Waals surface area contributed by atoms with E-state index in [2.05, 4.69) is 10.2 Å². The minimum Gasteiger partial charge on any atom is -0.373 e. The fraction of sp³-hybridized carbons (Fsp3) is 0.364. The Morgan fingerprint density at radius 1 is 1.40 bits per heavy atom. The predicted octanol–water partition coefficient (Wildman–Crippen LogP) is 0.441. The second kappa shape index (κ2) is 5.36. The first-order valence-corrected chi connectivity index (χ1v) is 4.90. The maximum absolute atomic E-state index is 10.9. The summed E-state index contributed by atoms with van der Waals surface area (Å²) in [5, 5.41) is 3.08. The van der Waals surface area contributed by atoms with E-state index in [0.29, 0.717) is 5.56 Å². The molecule has 4 heteroatoms. The maximum atomic E-state index is 10.9. The van der Waals surface area contributed by atoms with Gasteiger partial charge in [-0.05, 0) is 31.3 Å². The zero-order chi connectivity index (χ0) is 11.3. The van der Waals surface area contributed by atoms with Gasteiger partial charge < -0.3 is 16.0 Å². The number of rotatable bonds is 5. The summed E-state index contributed by atoms with van der Waals surface area (Å²) in [6, 6.07) is 7.28. The van der Waals surface area contributed by atoms with E-state index in [-0.39, 0.29) is 5.91 Å². The highest BCUT2D eigenvalue weighted by atomic mass is 16.1. The number of carbonyl (C=O) groups excluding carboxylic acids is 1. The first kappa shape index (κ1) is 11.5. The van der Waals surface area contributed by atoms with Gasteiger partial charge in [0.15, 0.2) is 0 Å². The molecule has 0 bridgehead atoms. The zero-order valence-corrected chi connectivity index (χ0v) is 9.16. The van der Waals surface area contributed by atoms with Crippen molar-refractivity contribution < 1.29 is 4.79 Å². The first-order valence-electron chi connectivity index (χ1n) is 4.90. The van der Waals surface area contributed by atoms with Crippen molar-refractivity contribution >= 4 is 11.6 Å². The highest BCUT2D eigenvalue weighted by Crippen LogP contribution is 2.12. The smallest absolute Gasteiger partial charge is 0.248 e. The standard InChI is InChI=1S/C11H17N3O/c1-13-7-8-14(2)10-5-3-9(4-6-10)11(12)15/h3-6,13H,7-8H2,1-2H3,(H2,12,15). The molecule has 0 aliphatic heterocycles. The molecule has 0 atom stereocenters. The van der Waals surface area contributed by atoms with Crippen LogP contribution in [0.3, 0.4) is 0 Å². The number of hydrogen-bond acceptors (Lipinski definition) is 3. The third-order valence-electron chi connectivity index (χ3n) is 2.29. The average Bonchev–Trinajstić information content (AvgIpc) is 2.26. The van der Waals surface area contributed by atoms with Gasteiger partial charge in [-0.3, -0.25) is 4.79 Å². The number of nitrogens with zero attached hydrogens (tertiary/aromatic N) is 1. The second-order valence-corrected chi connectivity index (χ2v) is 3.44. The van der Waals surface area contributed by atoms with Gasteiger partial charge in [-0.15, -0.1) is 0 Å². The van der Waals surface area contributed by atoms with Gasteiger partial charge in [0.2, 0.25) is 5.91 Å². The van der Waals surface area contributed by atoms with Crippen molar-refractivity contribution in [1.29, 1.82) is 0 Å². The van der Waals surface area contributed by atoms with Crippen LogP contribution in [0.2, 0.25) is 0 Å². The lowest BCUT2D eigenvalue weighted by atomic mass is 10.2. The molecule has 15 heavy (non-hydrogen) atoms. The Kier molecular flexibility index (Phi) is 4.12. The Labute approximate surface area is 90.1 Å². The zero-order valence-electron chi connectivity index (χ0n) is 9.16. The van der Waals surface area contributed by atoms with Crippen LogP contribution in [0.15, 0.2) is 24.3 Å². The molecule has 0 aromatic heterocycles. The van der Waals surface area contributed by atoms with Crippen LogP contribution in [0.1, 0.15) is 10.4 Å². The molecule has 1 amide bonds. The number of nitrogens with one attached hydrogen (secondary N) is 1. The van der Waals surface area contributed by atoms with E-state index in [1.54, 1.807) is 12.1 Å². The maximum Gasteiger partial charge on any atom is 0.248 e. The molecule has 1 aromatic rings. The Hall–Kier alpha value is -1.55. The lowest BCUT2D eigenvalue weighted by Gasteiger charge is -2.19. The molecule has 0 unspecified atom stereocenters. The fourth-order valence-corrected chi connectivity index (χ4v) is 1.29. The Morgan fingerprint density at radius 2 is 2.00 bits per heavy atom. The number of amides is 1. The molecule has 1 aromatic carbocycles. The lowest BCUT2D eigenvalue weighted by Crippen LogP contribution is -2.27. The number of hydrogen-bond donors (Lipinski definition) is 2. The van der Waals surface area contributed by atoms with Crippen LogP contribution in [0.4, 0.5) is 5.69 Å². The number of benzene rings is 1. The molecule has 0 spiro atoms. The second-order valence-electron chi connectivity index (χ2n) is 3.44. The summed E-state index contributed by atoms with van der Waals surface area (Å²) in [6.45, 7) is 1.85. The van der Waals surface area contributed by atoms with E-state index in [1.807, 2.05) is 26.2 Å². The van der Waals surface area contributed by atoms with E-state index in [4.69, 9.17) is 5.73 Å². The Bertz CT molecular complexity index is 321. The average molecular weight is 207 g/mol. The quantitative estimate of drug-likeness (QED) is 0.736. The summed E-state index contributed by atoms with van der Waals surface area (Å²) in [5.74, 6) is -0.389. The molecule has 1 rings (SSSR count). The third kappa shape index (κ3) is 3.25. The molecule has 0 heterocycles. The van der Waals surface area contributed by atoms with E-state index >= 15 is 0 Å². The Balaban J connectivity index is 2.66. The van der Waals surface area contributed by atoms with Crippen molar-refractivity contribution in [2.75, 3.05) is 32.1 Å². The van der Waals surface area contributed by atoms with Crippen LogP contribution in [0, 0.1) is 0 Å². The van der Waals surface area contributed by atoms with Crippen LogP contribution in [0.25, 0.3) is 0 Å². The van der Waals surface area contributed by atoms with Crippen molar-refractivity contribution in [2.45, 2.75) is 0 Å². The molecule has 82 valence electrons. The van der Waals surface area contributed by atoms with Crippen molar-refractivity contribution in [1.82, 2.24) is 5.32 Å². The fourth-order valence-electron chi connectivity index (χ4n) is 1.29. The van der Waals surface area contributed by atoms with Crippen LogP contribution in [-0.2, 0) is 0 Å². The van der Waals surface area contributed by atoms with E-state index < -0.39 is 0 Å². The molecule has 0 aliphatic carbocycles. The normalized spacial score (nSPS) is 10.0. The van der Waals surface area contributed by atoms with Crippen LogP contribution >= 0.6 is 0 Å². The number of primary amides is 1. The highest BCUT2D eigenvalue weighted by molar-refractivity contribution is 5.93. The predicted molar refractivity (Wildman–Crippen MR) is 62.2 cm³/mol. The van der Waals surface area contributed by atoms with Gasteiger partial charge in [0.05, 0.1) is 0 Å². The minimum absolute atomic E-state index is 0.389. The van der Waals surface area contributed by atoms with Crippen LogP contribution < -0.4 is 16.0 Å². The summed E-state index contributed by atoms with van der Waals surface area (Å²) in [5.41, 5.74) is 6.78.